The van der Waals surface area contributed by atoms with Gasteiger partial charge in [0.25, 0.3) is 0 Å². The lowest BCUT2D eigenvalue weighted by molar-refractivity contribution is 0.0527. The fourth-order valence-electron chi connectivity index (χ4n) is 1.81. The Kier molecular flexibility index (Phi) is 7.02. The SMILES string of the molecule is CCOC(=O)c1cc(N)cc(Cl)c1NC(CC)CSC. The summed E-state index contributed by atoms with van der Waals surface area (Å²) in [5, 5.41) is 3.76. The highest BCUT2D eigenvalue weighted by Crippen LogP contribution is 2.31. The van der Waals surface area contributed by atoms with Crippen LogP contribution in [0, 0.1) is 0 Å². The van der Waals surface area contributed by atoms with E-state index < -0.39 is 5.97 Å². The molecule has 1 rings (SSSR count). The van der Waals surface area contributed by atoms with Crippen molar-refractivity contribution in [3.05, 3.63) is 22.7 Å². The lowest BCUT2D eigenvalue weighted by atomic mass is 10.1. The van der Waals surface area contributed by atoms with Gasteiger partial charge in [-0.15, -0.1) is 0 Å². The number of halogens is 1. The van der Waals surface area contributed by atoms with Crippen molar-refractivity contribution in [3.8, 4) is 0 Å². The molecule has 3 N–H and O–H groups in total. The lowest BCUT2D eigenvalue weighted by Gasteiger charge is -2.20. The van der Waals surface area contributed by atoms with E-state index in [9.17, 15) is 4.79 Å². The van der Waals surface area contributed by atoms with Crippen molar-refractivity contribution in [2.75, 3.05) is 29.7 Å². The van der Waals surface area contributed by atoms with Crippen LogP contribution in [0.2, 0.25) is 5.02 Å². The molecule has 4 nitrogen and oxygen atoms in total. The smallest absolute Gasteiger partial charge is 0.340 e. The molecular weight excluding hydrogens is 296 g/mol. The maximum atomic E-state index is 12.0. The molecule has 0 saturated carbocycles. The van der Waals surface area contributed by atoms with E-state index in [1.54, 1.807) is 30.8 Å². The number of ether oxygens (including phenoxy) is 1. The second kappa shape index (κ2) is 8.27. The van der Waals surface area contributed by atoms with E-state index in [4.69, 9.17) is 22.1 Å². The Balaban J connectivity index is 3.12. The van der Waals surface area contributed by atoms with Crippen LogP contribution in [0.25, 0.3) is 0 Å². The monoisotopic (exact) mass is 316 g/mol. The van der Waals surface area contributed by atoms with E-state index in [0.717, 1.165) is 12.2 Å². The molecule has 1 atom stereocenters. The standard InChI is InChI=1S/C14H21ClN2O2S/c1-4-10(8-20-3)17-13-11(14(18)19-5-2)6-9(16)7-12(13)15/h6-7,10,17H,4-5,8,16H2,1-3H3. The first-order valence-electron chi connectivity index (χ1n) is 6.55. The Morgan fingerprint density at radius 2 is 2.20 bits per heavy atom. The van der Waals surface area contributed by atoms with Crippen LogP contribution in [0.1, 0.15) is 30.6 Å². The van der Waals surface area contributed by atoms with Gasteiger partial charge < -0.3 is 15.8 Å². The van der Waals surface area contributed by atoms with Crippen LogP contribution in [-0.4, -0.2) is 30.6 Å². The Hall–Kier alpha value is -1.07. The molecule has 0 aliphatic carbocycles. The summed E-state index contributed by atoms with van der Waals surface area (Å²) < 4.78 is 5.06. The number of nitrogen functional groups attached to an aromatic ring is 1. The minimum Gasteiger partial charge on any atom is -0.462 e. The molecule has 0 aliphatic heterocycles. The van der Waals surface area contributed by atoms with Crippen molar-refractivity contribution in [2.24, 2.45) is 0 Å². The molecule has 0 spiro atoms. The predicted molar refractivity (Wildman–Crippen MR) is 87.9 cm³/mol. The fourth-order valence-corrected chi connectivity index (χ4v) is 2.81. The molecule has 1 aromatic rings. The maximum Gasteiger partial charge on any atom is 0.340 e. The minimum absolute atomic E-state index is 0.235. The van der Waals surface area contributed by atoms with Crippen LogP contribution < -0.4 is 11.1 Å². The van der Waals surface area contributed by atoms with Crippen molar-refractivity contribution in [1.29, 1.82) is 0 Å². The van der Waals surface area contributed by atoms with E-state index in [1.165, 1.54) is 0 Å². The third kappa shape index (κ3) is 4.49. The number of hydrogen-bond acceptors (Lipinski definition) is 5. The summed E-state index contributed by atoms with van der Waals surface area (Å²) in [5.41, 5.74) is 7.19. The summed E-state index contributed by atoms with van der Waals surface area (Å²) >= 11 is 7.96. The highest BCUT2D eigenvalue weighted by Gasteiger charge is 2.19. The number of carbonyl (C=O) groups is 1. The number of benzene rings is 1. The van der Waals surface area contributed by atoms with Crippen LogP contribution in [0.3, 0.4) is 0 Å². The van der Waals surface area contributed by atoms with Crippen LogP contribution in [0.4, 0.5) is 11.4 Å². The van der Waals surface area contributed by atoms with Crippen molar-refractivity contribution in [1.82, 2.24) is 0 Å². The molecule has 0 aromatic heterocycles. The Morgan fingerprint density at radius 3 is 2.75 bits per heavy atom. The molecule has 0 fully saturated rings. The third-order valence-electron chi connectivity index (χ3n) is 2.82. The molecule has 20 heavy (non-hydrogen) atoms. The van der Waals surface area contributed by atoms with E-state index in [1.807, 2.05) is 6.26 Å². The zero-order valence-electron chi connectivity index (χ0n) is 12.0. The zero-order chi connectivity index (χ0) is 15.1. The van der Waals surface area contributed by atoms with Crippen LogP contribution in [0.15, 0.2) is 12.1 Å². The van der Waals surface area contributed by atoms with Crippen molar-refractivity contribution < 1.29 is 9.53 Å². The number of thioether (sulfide) groups is 1. The molecule has 0 heterocycles. The van der Waals surface area contributed by atoms with Gasteiger partial charge in [0.15, 0.2) is 0 Å². The van der Waals surface area contributed by atoms with Gasteiger partial charge in [0.2, 0.25) is 0 Å². The van der Waals surface area contributed by atoms with Crippen LogP contribution in [-0.2, 0) is 4.74 Å². The molecule has 0 radical (unpaired) electrons. The highest BCUT2D eigenvalue weighted by molar-refractivity contribution is 7.98. The topological polar surface area (TPSA) is 64.3 Å². The van der Waals surface area contributed by atoms with Gasteiger partial charge in [-0.1, -0.05) is 18.5 Å². The number of nitrogens with two attached hydrogens (primary N) is 1. The molecule has 0 aliphatic rings. The maximum absolute atomic E-state index is 12.0. The lowest BCUT2D eigenvalue weighted by Crippen LogP contribution is -2.23. The molecule has 0 amide bonds. The van der Waals surface area contributed by atoms with Gasteiger partial charge in [-0.2, -0.15) is 11.8 Å². The largest absolute Gasteiger partial charge is 0.462 e. The van der Waals surface area contributed by atoms with Crippen LogP contribution in [0.5, 0.6) is 0 Å². The van der Waals surface area contributed by atoms with E-state index in [0.29, 0.717) is 28.6 Å². The number of hydrogen-bond donors (Lipinski definition) is 2. The molecule has 0 bridgehead atoms. The molecule has 1 unspecified atom stereocenters. The summed E-state index contributed by atoms with van der Waals surface area (Å²) in [7, 11) is 0. The van der Waals surface area contributed by atoms with Gasteiger partial charge in [-0.3, -0.25) is 0 Å². The van der Waals surface area contributed by atoms with Gasteiger partial charge in [-0.25, -0.2) is 4.79 Å². The number of anilines is 2. The van der Waals surface area contributed by atoms with Gasteiger partial charge in [0, 0.05) is 17.5 Å². The molecular formula is C14H21ClN2O2S. The van der Waals surface area contributed by atoms with E-state index in [-0.39, 0.29) is 6.04 Å². The van der Waals surface area contributed by atoms with Crippen molar-refractivity contribution in [2.45, 2.75) is 26.3 Å². The number of rotatable bonds is 7. The average Bonchev–Trinajstić information content (AvgIpc) is 2.40. The Bertz CT molecular complexity index is 469. The second-order valence-corrected chi connectivity index (χ2v) is 5.67. The quantitative estimate of drug-likeness (QED) is 0.594. The molecule has 112 valence electrons. The Labute approximate surface area is 129 Å². The fraction of sp³-hybridized carbons (Fsp3) is 0.500. The zero-order valence-corrected chi connectivity index (χ0v) is 13.6. The summed E-state index contributed by atoms with van der Waals surface area (Å²) in [6, 6.07) is 3.47. The van der Waals surface area contributed by atoms with E-state index in [2.05, 4.69) is 12.2 Å². The minimum atomic E-state index is -0.414. The molecule has 6 heteroatoms. The number of carbonyl (C=O) groups excluding carboxylic acids is 1. The van der Waals surface area contributed by atoms with Crippen molar-refractivity contribution in [3.63, 3.8) is 0 Å². The van der Waals surface area contributed by atoms with Crippen molar-refractivity contribution >= 4 is 40.7 Å². The Morgan fingerprint density at radius 1 is 1.50 bits per heavy atom. The molecule has 1 aromatic carbocycles. The first-order chi connectivity index (χ1) is 9.53. The van der Waals surface area contributed by atoms with E-state index >= 15 is 0 Å². The number of esters is 1. The number of nitrogens with one attached hydrogen (secondary N) is 1. The first-order valence-corrected chi connectivity index (χ1v) is 8.32. The average molecular weight is 317 g/mol. The van der Waals surface area contributed by atoms with Crippen LogP contribution >= 0.6 is 23.4 Å². The summed E-state index contributed by atoms with van der Waals surface area (Å²) in [5.74, 6) is 0.516. The van der Waals surface area contributed by atoms with Gasteiger partial charge in [0.1, 0.15) is 0 Å². The predicted octanol–water partition coefficient (Wildman–Crippen LogP) is 3.65. The second-order valence-electron chi connectivity index (χ2n) is 4.35. The van der Waals surface area contributed by atoms with Gasteiger partial charge in [0.05, 0.1) is 22.9 Å². The summed E-state index contributed by atoms with van der Waals surface area (Å²) in [6.07, 6.45) is 2.98. The first kappa shape index (κ1) is 17.0. The highest BCUT2D eigenvalue weighted by atomic mass is 35.5. The normalized spacial score (nSPS) is 12.0. The summed E-state index contributed by atoms with van der Waals surface area (Å²) in [4.78, 5) is 12.0. The molecule has 0 saturated heterocycles. The summed E-state index contributed by atoms with van der Waals surface area (Å²) in [6.45, 7) is 4.16. The third-order valence-corrected chi connectivity index (χ3v) is 3.85. The van der Waals surface area contributed by atoms with Gasteiger partial charge >= 0.3 is 5.97 Å². The van der Waals surface area contributed by atoms with Gasteiger partial charge in [-0.05, 0) is 31.7 Å².